The number of likely N-dealkylation sites (tertiary alicyclic amines) is 1. The molecule has 0 saturated carbocycles. The second-order valence-electron chi connectivity index (χ2n) is 7.21. The molecule has 1 aromatic rings. The van der Waals surface area contributed by atoms with Gasteiger partial charge in [0.1, 0.15) is 11.4 Å². The molecular formula is C17H28N4O2. The van der Waals surface area contributed by atoms with Crippen molar-refractivity contribution in [2.24, 2.45) is 5.92 Å². The molecule has 1 N–H and O–H groups in total. The quantitative estimate of drug-likeness (QED) is 0.923. The normalized spacial score (nSPS) is 22.6. The van der Waals surface area contributed by atoms with Crippen molar-refractivity contribution in [1.82, 2.24) is 20.2 Å². The van der Waals surface area contributed by atoms with E-state index in [-0.39, 0.29) is 12.1 Å². The Balaban J connectivity index is 1.93. The van der Waals surface area contributed by atoms with Crippen molar-refractivity contribution in [3.63, 3.8) is 0 Å². The van der Waals surface area contributed by atoms with Crippen LogP contribution in [0.15, 0.2) is 18.5 Å². The van der Waals surface area contributed by atoms with Crippen LogP contribution in [0.25, 0.3) is 0 Å². The van der Waals surface area contributed by atoms with Gasteiger partial charge >= 0.3 is 6.09 Å². The molecule has 0 bridgehead atoms. The fourth-order valence-corrected chi connectivity index (χ4v) is 2.96. The van der Waals surface area contributed by atoms with Gasteiger partial charge in [0, 0.05) is 25.0 Å². The highest BCUT2D eigenvalue weighted by Crippen LogP contribution is 2.24. The number of nitrogens with zero attached hydrogens (tertiary/aromatic N) is 3. The summed E-state index contributed by atoms with van der Waals surface area (Å²) in [5.74, 6) is 1.34. The molecule has 0 spiro atoms. The number of hydrogen-bond donors (Lipinski definition) is 1. The average Bonchev–Trinajstić information content (AvgIpc) is 2.46. The maximum atomic E-state index is 11.9. The number of amides is 1. The zero-order valence-corrected chi connectivity index (χ0v) is 14.6. The molecule has 1 amide bonds. The highest BCUT2D eigenvalue weighted by Gasteiger charge is 2.29. The van der Waals surface area contributed by atoms with E-state index in [2.05, 4.69) is 27.1 Å². The number of piperidine rings is 1. The SMILES string of the molecule is C[C@H]1CCCN(Cc2ncccn2)[C@H]1CNC(=O)OC(C)(C)C. The molecule has 1 fully saturated rings. The lowest BCUT2D eigenvalue weighted by molar-refractivity contribution is 0.0454. The Morgan fingerprint density at radius 1 is 1.39 bits per heavy atom. The Kier molecular flexibility index (Phi) is 5.93. The fourth-order valence-electron chi connectivity index (χ4n) is 2.96. The molecule has 1 saturated heterocycles. The van der Waals surface area contributed by atoms with Crippen LogP contribution in [0.1, 0.15) is 46.4 Å². The van der Waals surface area contributed by atoms with E-state index in [1.807, 2.05) is 26.8 Å². The lowest BCUT2D eigenvalue weighted by Gasteiger charge is -2.39. The monoisotopic (exact) mass is 320 g/mol. The van der Waals surface area contributed by atoms with Crippen molar-refractivity contribution in [3.05, 3.63) is 24.3 Å². The van der Waals surface area contributed by atoms with Crippen LogP contribution in [-0.2, 0) is 11.3 Å². The highest BCUT2D eigenvalue weighted by molar-refractivity contribution is 5.67. The molecular weight excluding hydrogens is 292 g/mol. The summed E-state index contributed by atoms with van der Waals surface area (Å²) in [7, 11) is 0. The standard InChI is InChI=1S/C17H28N4O2/c1-13-7-5-10-21(12-15-18-8-6-9-19-15)14(13)11-20-16(22)23-17(2,3)4/h6,8-9,13-14H,5,7,10-12H2,1-4H3,(H,20,22)/t13-,14-/m0/s1. The minimum absolute atomic E-state index is 0.278. The summed E-state index contributed by atoms with van der Waals surface area (Å²) in [6.07, 6.45) is 5.52. The zero-order valence-electron chi connectivity index (χ0n) is 14.6. The molecule has 1 aromatic heterocycles. The predicted octanol–water partition coefficient (Wildman–Crippen LogP) is 2.60. The van der Waals surface area contributed by atoms with Gasteiger partial charge in [-0.2, -0.15) is 0 Å². The van der Waals surface area contributed by atoms with E-state index >= 15 is 0 Å². The van der Waals surface area contributed by atoms with E-state index in [1.165, 1.54) is 6.42 Å². The lowest BCUT2D eigenvalue weighted by Crippen LogP contribution is -2.50. The van der Waals surface area contributed by atoms with Gasteiger partial charge in [-0.15, -0.1) is 0 Å². The first-order chi connectivity index (χ1) is 10.8. The third-order valence-electron chi connectivity index (χ3n) is 4.05. The summed E-state index contributed by atoms with van der Waals surface area (Å²) >= 11 is 0. The molecule has 2 heterocycles. The molecule has 2 atom stereocenters. The maximum absolute atomic E-state index is 11.9. The van der Waals surface area contributed by atoms with Crippen LogP contribution in [0.3, 0.4) is 0 Å². The van der Waals surface area contributed by atoms with Gasteiger partial charge in [-0.3, -0.25) is 4.90 Å². The van der Waals surface area contributed by atoms with Crippen LogP contribution >= 0.6 is 0 Å². The first-order valence-corrected chi connectivity index (χ1v) is 8.32. The molecule has 0 unspecified atom stereocenters. The first kappa shape index (κ1) is 17.7. The van der Waals surface area contributed by atoms with Crippen LogP contribution in [0.4, 0.5) is 4.79 Å². The van der Waals surface area contributed by atoms with Crippen LogP contribution < -0.4 is 5.32 Å². The number of alkyl carbamates (subject to hydrolysis) is 1. The van der Waals surface area contributed by atoms with Crippen molar-refractivity contribution in [2.75, 3.05) is 13.1 Å². The Bertz CT molecular complexity index is 501. The molecule has 6 heteroatoms. The summed E-state index contributed by atoms with van der Waals surface area (Å²) in [5, 5.41) is 2.91. The minimum atomic E-state index is -0.472. The molecule has 128 valence electrons. The topological polar surface area (TPSA) is 67.4 Å². The van der Waals surface area contributed by atoms with Gasteiger partial charge in [-0.1, -0.05) is 6.92 Å². The van der Waals surface area contributed by atoms with Gasteiger partial charge in [0.15, 0.2) is 0 Å². The highest BCUT2D eigenvalue weighted by atomic mass is 16.6. The van der Waals surface area contributed by atoms with Gasteiger partial charge in [-0.25, -0.2) is 14.8 Å². The molecule has 1 aliphatic rings. The number of nitrogens with one attached hydrogen (secondary N) is 1. The summed E-state index contributed by atoms with van der Waals surface area (Å²) in [6, 6.07) is 2.10. The number of aromatic nitrogens is 2. The van der Waals surface area contributed by atoms with Crippen molar-refractivity contribution in [1.29, 1.82) is 0 Å². The maximum Gasteiger partial charge on any atom is 0.407 e. The Morgan fingerprint density at radius 2 is 2.09 bits per heavy atom. The van der Waals surface area contributed by atoms with Crippen LogP contribution in [0, 0.1) is 5.92 Å². The number of hydrogen-bond acceptors (Lipinski definition) is 5. The van der Waals surface area contributed by atoms with E-state index in [0.717, 1.165) is 18.8 Å². The molecule has 2 rings (SSSR count). The molecule has 0 radical (unpaired) electrons. The average molecular weight is 320 g/mol. The van der Waals surface area contributed by atoms with Gasteiger partial charge < -0.3 is 10.1 Å². The molecule has 23 heavy (non-hydrogen) atoms. The molecule has 6 nitrogen and oxygen atoms in total. The summed E-state index contributed by atoms with van der Waals surface area (Å²) in [4.78, 5) is 22.9. The van der Waals surface area contributed by atoms with Gasteiger partial charge in [0.05, 0.1) is 6.54 Å². The second-order valence-corrected chi connectivity index (χ2v) is 7.21. The van der Waals surface area contributed by atoms with Gasteiger partial charge in [-0.05, 0) is 52.1 Å². The third kappa shape index (κ3) is 5.78. The van der Waals surface area contributed by atoms with E-state index in [1.54, 1.807) is 12.4 Å². The van der Waals surface area contributed by atoms with Crippen molar-refractivity contribution >= 4 is 6.09 Å². The third-order valence-corrected chi connectivity index (χ3v) is 4.05. The summed E-state index contributed by atoms with van der Waals surface area (Å²) < 4.78 is 5.32. The smallest absolute Gasteiger partial charge is 0.407 e. The van der Waals surface area contributed by atoms with E-state index in [0.29, 0.717) is 19.0 Å². The van der Waals surface area contributed by atoms with Crippen molar-refractivity contribution < 1.29 is 9.53 Å². The lowest BCUT2D eigenvalue weighted by atomic mass is 9.90. The van der Waals surface area contributed by atoms with Crippen LogP contribution in [0.2, 0.25) is 0 Å². The van der Waals surface area contributed by atoms with E-state index in [4.69, 9.17) is 4.74 Å². The number of carbonyl (C=O) groups excluding carboxylic acids is 1. The second kappa shape index (κ2) is 7.73. The first-order valence-electron chi connectivity index (χ1n) is 8.32. The number of ether oxygens (including phenoxy) is 1. The predicted molar refractivity (Wildman–Crippen MR) is 88.9 cm³/mol. The number of carbonyl (C=O) groups is 1. The molecule has 0 aliphatic carbocycles. The fraction of sp³-hybridized carbons (Fsp3) is 0.706. The molecule has 0 aromatic carbocycles. The Morgan fingerprint density at radius 3 is 2.74 bits per heavy atom. The number of rotatable bonds is 4. The van der Waals surface area contributed by atoms with Crippen molar-refractivity contribution in [2.45, 2.75) is 58.7 Å². The Hall–Kier alpha value is -1.69. The van der Waals surface area contributed by atoms with Crippen molar-refractivity contribution in [3.8, 4) is 0 Å². The van der Waals surface area contributed by atoms with Crippen LogP contribution in [-0.4, -0.2) is 45.7 Å². The van der Waals surface area contributed by atoms with Crippen LogP contribution in [0.5, 0.6) is 0 Å². The summed E-state index contributed by atoms with van der Waals surface area (Å²) in [6.45, 7) is 10.1. The Labute approximate surface area is 138 Å². The van der Waals surface area contributed by atoms with E-state index < -0.39 is 5.60 Å². The molecule has 1 aliphatic heterocycles. The zero-order chi connectivity index (χ0) is 16.9. The van der Waals surface area contributed by atoms with E-state index in [9.17, 15) is 4.79 Å². The largest absolute Gasteiger partial charge is 0.444 e. The minimum Gasteiger partial charge on any atom is -0.444 e. The summed E-state index contributed by atoms with van der Waals surface area (Å²) in [5.41, 5.74) is -0.472. The van der Waals surface area contributed by atoms with Gasteiger partial charge in [0.25, 0.3) is 0 Å². The van der Waals surface area contributed by atoms with Gasteiger partial charge in [0.2, 0.25) is 0 Å².